The highest BCUT2D eigenvalue weighted by atomic mass is 79.9. The third kappa shape index (κ3) is 2.68. The molecule has 0 unspecified atom stereocenters. The number of piperidine rings is 1. The molecule has 0 aromatic heterocycles. The van der Waals surface area contributed by atoms with Gasteiger partial charge in [0, 0.05) is 23.7 Å². The summed E-state index contributed by atoms with van der Waals surface area (Å²) >= 11 is 3.46. The molecule has 2 heterocycles. The van der Waals surface area contributed by atoms with Crippen molar-refractivity contribution in [3.8, 4) is 0 Å². The molecule has 4 nitrogen and oxygen atoms in total. The highest BCUT2D eigenvalue weighted by molar-refractivity contribution is 9.10. The number of aryl methyl sites for hydroxylation is 2. The standard InChI is InChI=1S/C17H20BrNO3/c1-10-7-12(18)8-11(2)14(10)15-13(20)9-17(22-16(15)21)3-5-19-6-4-17/h7-8,19-20H,3-6,9H2,1-2H3. The number of rotatable bonds is 1. The van der Waals surface area contributed by atoms with Crippen LogP contribution in [0.5, 0.6) is 0 Å². The number of aliphatic hydroxyl groups is 1. The van der Waals surface area contributed by atoms with Crippen molar-refractivity contribution in [1.82, 2.24) is 5.32 Å². The Hall–Kier alpha value is -1.33. The number of aliphatic hydroxyl groups excluding tert-OH is 1. The summed E-state index contributed by atoms with van der Waals surface area (Å²) in [6, 6.07) is 3.90. The van der Waals surface area contributed by atoms with Crippen LogP contribution < -0.4 is 5.32 Å². The maximum atomic E-state index is 12.6. The highest BCUT2D eigenvalue weighted by Crippen LogP contribution is 2.40. The maximum Gasteiger partial charge on any atom is 0.342 e. The average Bonchev–Trinajstić information content (AvgIpc) is 2.41. The summed E-state index contributed by atoms with van der Waals surface area (Å²) < 4.78 is 6.75. The molecule has 0 amide bonds. The summed E-state index contributed by atoms with van der Waals surface area (Å²) in [5.74, 6) is -0.245. The van der Waals surface area contributed by atoms with Gasteiger partial charge >= 0.3 is 5.97 Å². The molecule has 0 bridgehead atoms. The molecule has 0 saturated carbocycles. The summed E-state index contributed by atoms with van der Waals surface area (Å²) in [4.78, 5) is 12.6. The van der Waals surface area contributed by atoms with Gasteiger partial charge in [-0.2, -0.15) is 0 Å². The fourth-order valence-corrected chi connectivity index (χ4v) is 4.19. The Kier molecular flexibility index (Phi) is 4.03. The van der Waals surface area contributed by atoms with Gasteiger partial charge in [-0.3, -0.25) is 0 Å². The van der Waals surface area contributed by atoms with E-state index in [4.69, 9.17) is 4.74 Å². The van der Waals surface area contributed by atoms with Gasteiger partial charge in [0.2, 0.25) is 0 Å². The first-order chi connectivity index (χ1) is 10.4. The lowest BCUT2D eigenvalue weighted by Gasteiger charge is -2.40. The summed E-state index contributed by atoms with van der Waals surface area (Å²) in [5, 5.41) is 13.8. The Morgan fingerprint density at radius 3 is 2.36 bits per heavy atom. The minimum atomic E-state index is -0.535. The van der Waals surface area contributed by atoms with E-state index in [1.165, 1.54) is 0 Å². The van der Waals surface area contributed by atoms with Crippen LogP contribution in [-0.4, -0.2) is 29.8 Å². The Morgan fingerprint density at radius 2 is 1.82 bits per heavy atom. The molecule has 118 valence electrons. The van der Waals surface area contributed by atoms with E-state index in [2.05, 4.69) is 21.2 Å². The quantitative estimate of drug-likeness (QED) is 0.748. The van der Waals surface area contributed by atoms with Gasteiger partial charge in [0.1, 0.15) is 16.9 Å². The second-order valence-electron chi connectivity index (χ2n) is 6.24. The van der Waals surface area contributed by atoms with Crippen LogP contribution in [0.4, 0.5) is 0 Å². The van der Waals surface area contributed by atoms with E-state index in [1.54, 1.807) is 0 Å². The van der Waals surface area contributed by atoms with Crippen LogP contribution in [0.2, 0.25) is 0 Å². The molecule has 0 radical (unpaired) electrons. The first-order valence-electron chi connectivity index (χ1n) is 7.55. The van der Waals surface area contributed by atoms with Gasteiger partial charge in [0.25, 0.3) is 0 Å². The van der Waals surface area contributed by atoms with Crippen molar-refractivity contribution >= 4 is 27.5 Å². The SMILES string of the molecule is Cc1cc(Br)cc(C)c1C1=C(O)CC2(CCNCC2)OC1=O. The summed E-state index contributed by atoms with van der Waals surface area (Å²) in [6.45, 7) is 5.50. The second-order valence-corrected chi connectivity index (χ2v) is 7.15. The lowest BCUT2D eigenvalue weighted by atomic mass is 9.83. The third-order valence-electron chi connectivity index (χ3n) is 4.55. The van der Waals surface area contributed by atoms with E-state index in [9.17, 15) is 9.90 Å². The van der Waals surface area contributed by atoms with E-state index >= 15 is 0 Å². The fourth-order valence-electron chi connectivity index (χ4n) is 3.51. The van der Waals surface area contributed by atoms with Crippen LogP contribution in [-0.2, 0) is 9.53 Å². The van der Waals surface area contributed by atoms with Gasteiger partial charge in [-0.1, -0.05) is 15.9 Å². The molecule has 2 N–H and O–H groups in total. The first-order valence-corrected chi connectivity index (χ1v) is 8.34. The van der Waals surface area contributed by atoms with Gasteiger partial charge in [-0.25, -0.2) is 4.79 Å². The molecule has 1 aromatic rings. The third-order valence-corrected chi connectivity index (χ3v) is 5.01. The van der Waals surface area contributed by atoms with Crippen molar-refractivity contribution in [2.75, 3.05) is 13.1 Å². The minimum Gasteiger partial charge on any atom is -0.511 e. The molecule has 5 heteroatoms. The second kappa shape index (κ2) is 5.70. The molecular weight excluding hydrogens is 346 g/mol. The fraction of sp³-hybridized carbons (Fsp3) is 0.471. The van der Waals surface area contributed by atoms with Crippen molar-refractivity contribution < 1.29 is 14.6 Å². The molecule has 2 aliphatic rings. The lowest BCUT2D eigenvalue weighted by molar-refractivity contribution is -0.158. The topological polar surface area (TPSA) is 58.6 Å². The van der Waals surface area contributed by atoms with Crippen LogP contribution in [0.1, 0.15) is 36.0 Å². The maximum absolute atomic E-state index is 12.6. The normalized spacial score (nSPS) is 21.1. The van der Waals surface area contributed by atoms with E-state index in [1.807, 2.05) is 26.0 Å². The van der Waals surface area contributed by atoms with Crippen LogP contribution >= 0.6 is 15.9 Å². The van der Waals surface area contributed by atoms with Crippen molar-refractivity contribution in [1.29, 1.82) is 0 Å². The van der Waals surface area contributed by atoms with Gasteiger partial charge < -0.3 is 15.2 Å². The summed E-state index contributed by atoms with van der Waals surface area (Å²) in [7, 11) is 0. The van der Waals surface area contributed by atoms with E-state index in [-0.39, 0.29) is 5.76 Å². The zero-order valence-corrected chi connectivity index (χ0v) is 14.4. The van der Waals surface area contributed by atoms with Crippen molar-refractivity contribution in [2.24, 2.45) is 0 Å². The molecular formula is C17H20BrNO3. The number of benzene rings is 1. The monoisotopic (exact) mass is 365 g/mol. The van der Waals surface area contributed by atoms with Crippen LogP contribution in [0.15, 0.2) is 22.4 Å². The Balaban J connectivity index is 2.04. The van der Waals surface area contributed by atoms with Crippen LogP contribution in [0.25, 0.3) is 5.57 Å². The smallest absolute Gasteiger partial charge is 0.342 e. The van der Waals surface area contributed by atoms with Crippen molar-refractivity contribution in [2.45, 2.75) is 38.7 Å². The van der Waals surface area contributed by atoms with Gasteiger partial charge in [0.05, 0.1) is 0 Å². The molecule has 1 fully saturated rings. The molecule has 0 aliphatic carbocycles. The van der Waals surface area contributed by atoms with Crippen molar-refractivity contribution in [3.63, 3.8) is 0 Å². The Labute approximate surface area is 138 Å². The average molecular weight is 366 g/mol. The summed E-state index contributed by atoms with van der Waals surface area (Å²) in [6.07, 6.45) is 1.90. The first kappa shape index (κ1) is 15.6. The number of nitrogens with one attached hydrogen (secondary N) is 1. The number of esters is 1. The molecule has 0 atom stereocenters. The van der Waals surface area contributed by atoms with Gasteiger partial charge in [-0.15, -0.1) is 0 Å². The number of hydrogen-bond donors (Lipinski definition) is 2. The molecule has 3 rings (SSSR count). The lowest BCUT2D eigenvalue weighted by Crippen LogP contribution is -2.47. The number of carbonyl (C=O) groups is 1. The zero-order valence-electron chi connectivity index (χ0n) is 12.8. The number of hydrogen-bond acceptors (Lipinski definition) is 4. The number of halogens is 1. The van der Waals surface area contributed by atoms with E-state index < -0.39 is 11.6 Å². The number of carbonyl (C=O) groups excluding carboxylic acids is 1. The predicted octanol–water partition coefficient (Wildman–Crippen LogP) is 3.40. The zero-order chi connectivity index (χ0) is 15.9. The molecule has 1 spiro atoms. The highest BCUT2D eigenvalue weighted by Gasteiger charge is 2.43. The molecule has 1 saturated heterocycles. The molecule has 1 aromatic carbocycles. The number of ether oxygens (including phenoxy) is 1. The molecule has 22 heavy (non-hydrogen) atoms. The van der Waals surface area contributed by atoms with E-state index in [0.717, 1.165) is 47.1 Å². The summed E-state index contributed by atoms with van der Waals surface area (Å²) in [5.41, 5.74) is 2.48. The van der Waals surface area contributed by atoms with E-state index in [0.29, 0.717) is 12.0 Å². The predicted molar refractivity (Wildman–Crippen MR) is 88.7 cm³/mol. The Bertz CT molecular complexity index is 637. The van der Waals surface area contributed by atoms with Crippen LogP contribution in [0.3, 0.4) is 0 Å². The van der Waals surface area contributed by atoms with Gasteiger partial charge in [0.15, 0.2) is 0 Å². The van der Waals surface area contributed by atoms with Gasteiger partial charge in [-0.05, 0) is 55.8 Å². The molecule has 2 aliphatic heterocycles. The minimum absolute atomic E-state index is 0.159. The Morgan fingerprint density at radius 1 is 1.23 bits per heavy atom. The van der Waals surface area contributed by atoms with Crippen molar-refractivity contribution in [3.05, 3.63) is 39.1 Å². The van der Waals surface area contributed by atoms with Crippen LogP contribution in [0, 0.1) is 13.8 Å². The largest absolute Gasteiger partial charge is 0.511 e.